The lowest BCUT2D eigenvalue weighted by atomic mass is 9.80. The molecule has 0 atom stereocenters. The topological polar surface area (TPSA) is 28.2 Å². The van der Waals surface area contributed by atoms with Crippen molar-refractivity contribution < 1.29 is 9.47 Å². The lowest BCUT2D eigenvalue weighted by Crippen LogP contribution is -2.72. The van der Waals surface area contributed by atoms with Crippen LogP contribution >= 0.6 is 0 Å². The van der Waals surface area contributed by atoms with Gasteiger partial charge in [-0.15, -0.1) is 0 Å². The molecule has 1 aliphatic carbocycles. The maximum Gasteiger partial charge on any atom is 0.0807 e. The first kappa shape index (κ1) is 22.0. The summed E-state index contributed by atoms with van der Waals surface area (Å²) in [6.45, 7) is 21.8. The molecule has 168 valence electrons. The minimum atomic E-state index is -0.0000907. The molecule has 0 aromatic heterocycles. The summed E-state index contributed by atoms with van der Waals surface area (Å²) in [5.74, 6) is 1.70. The van der Waals surface area contributed by atoms with E-state index in [2.05, 4.69) is 49.3 Å². The van der Waals surface area contributed by atoms with Crippen molar-refractivity contribution in [2.45, 2.75) is 83.6 Å². The van der Waals surface area contributed by atoms with E-state index in [1.807, 2.05) is 0 Å². The van der Waals surface area contributed by atoms with Gasteiger partial charge in [-0.2, -0.15) is 0 Å². The standard InChI is InChI=1S/C24H45N3O2/c1-19(2)26-8-6-20(7-9-26)15-27-11-10-25(16-24(27)17-28-18-24)14-21-12-22(13-21)29-23(3,4)5/h19-22H,6-18H2,1-5H3/t21-,22-. The largest absolute Gasteiger partial charge is 0.377 e. The van der Waals surface area contributed by atoms with Gasteiger partial charge in [0.2, 0.25) is 0 Å². The molecule has 1 saturated carbocycles. The first-order valence-corrected chi connectivity index (χ1v) is 12.2. The van der Waals surface area contributed by atoms with Gasteiger partial charge < -0.3 is 14.4 Å². The van der Waals surface area contributed by atoms with Crippen molar-refractivity contribution in [3.8, 4) is 0 Å². The Labute approximate surface area is 179 Å². The lowest BCUT2D eigenvalue weighted by molar-refractivity contribution is -0.178. The quantitative estimate of drug-likeness (QED) is 0.675. The van der Waals surface area contributed by atoms with Gasteiger partial charge >= 0.3 is 0 Å². The van der Waals surface area contributed by atoms with E-state index in [9.17, 15) is 0 Å². The number of nitrogens with zero attached hydrogens (tertiary/aromatic N) is 3. The fourth-order valence-electron chi connectivity index (χ4n) is 5.90. The molecule has 0 N–H and O–H groups in total. The molecule has 3 aliphatic heterocycles. The van der Waals surface area contributed by atoms with E-state index in [0.29, 0.717) is 17.7 Å². The van der Waals surface area contributed by atoms with Crippen molar-refractivity contribution in [3.05, 3.63) is 0 Å². The molecule has 5 heteroatoms. The van der Waals surface area contributed by atoms with Crippen LogP contribution in [0.1, 0.15) is 60.3 Å². The Morgan fingerprint density at radius 2 is 1.66 bits per heavy atom. The van der Waals surface area contributed by atoms with Gasteiger partial charge in [0, 0.05) is 38.8 Å². The monoisotopic (exact) mass is 407 g/mol. The molecule has 0 aromatic carbocycles. The van der Waals surface area contributed by atoms with Gasteiger partial charge in [0.05, 0.1) is 30.5 Å². The van der Waals surface area contributed by atoms with Crippen molar-refractivity contribution in [2.24, 2.45) is 11.8 Å². The molecule has 0 unspecified atom stereocenters. The van der Waals surface area contributed by atoms with E-state index in [4.69, 9.17) is 9.47 Å². The Morgan fingerprint density at radius 3 is 2.21 bits per heavy atom. The molecule has 1 spiro atoms. The van der Waals surface area contributed by atoms with Crippen LogP contribution in [0.15, 0.2) is 0 Å². The van der Waals surface area contributed by atoms with Crippen molar-refractivity contribution in [1.29, 1.82) is 0 Å². The van der Waals surface area contributed by atoms with Gasteiger partial charge in [0.1, 0.15) is 0 Å². The minimum Gasteiger partial charge on any atom is -0.377 e. The molecule has 0 aromatic rings. The third-order valence-corrected chi connectivity index (χ3v) is 7.70. The number of piperidine rings is 1. The van der Waals surface area contributed by atoms with Crippen molar-refractivity contribution >= 4 is 0 Å². The third kappa shape index (κ3) is 5.35. The number of piperazine rings is 1. The normalized spacial score (nSPS) is 32.5. The number of rotatable bonds is 6. The molecule has 3 saturated heterocycles. The second-order valence-electron chi connectivity index (χ2n) is 11.7. The summed E-state index contributed by atoms with van der Waals surface area (Å²) in [4.78, 5) is 8.19. The first-order valence-electron chi connectivity index (χ1n) is 12.2. The molecule has 0 radical (unpaired) electrons. The predicted molar refractivity (Wildman–Crippen MR) is 118 cm³/mol. The number of likely N-dealkylation sites (tertiary alicyclic amines) is 1. The Hall–Kier alpha value is -0.200. The minimum absolute atomic E-state index is 0.0000907. The predicted octanol–water partition coefficient (Wildman–Crippen LogP) is 3.09. The molecular formula is C24H45N3O2. The fraction of sp³-hybridized carbons (Fsp3) is 1.00. The van der Waals surface area contributed by atoms with Crippen LogP contribution in [-0.4, -0.2) is 97.0 Å². The van der Waals surface area contributed by atoms with Crippen LogP contribution in [0.2, 0.25) is 0 Å². The van der Waals surface area contributed by atoms with E-state index in [-0.39, 0.29) is 5.60 Å². The average Bonchev–Trinajstić information content (AvgIpc) is 2.59. The molecular weight excluding hydrogens is 362 g/mol. The van der Waals surface area contributed by atoms with Gasteiger partial charge in [0.25, 0.3) is 0 Å². The van der Waals surface area contributed by atoms with E-state index in [1.54, 1.807) is 0 Å². The Bertz CT molecular complexity index is 529. The van der Waals surface area contributed by atoms with Crippen LogP contribution in [0.3, 0.4) is 0 Å². The number of hydrogen-bond acceptors (Lipinski definition) is 5. The van der Waals surface area contributed by atoms with Crippen LogP contribution in [-0.2, 0) is 9.47 Å². The zero-order chi connectivity index (χ0) is 20.6. The van der Waals surface area contributed by atoms with Crippen LogP contribution in [0, 0.1) is 11.8 Å². The van der Waals surface area contributed by atoms with Gasteiger partial charge in [-0.25, -0.2) is 0 Å². The second kappa shape index (κ2) is 8.74. The molecule has 29 heavy (non-hydrogen) atoms. The van der Waals surface area contributed by atoms with Crippen LogP contribution < -0.4 is 0 Å². The molecule has 3 heterocycles. The van der Waals surface area contributed by atoms with Crippen molar-refractivity contribution in [1.82, 2.24) is 14.7 Å². The van der Waals surface area contributed by atoms with Crippen LogP contribution in [0.5, 0.6) is 0 Å². The summed E-state index contributed by atoms with van der Waals surface area (Å²) in [6.07, 6.45) is 5.71. The van der Waals surface area contributed by atoms with E-state index < -0.39 is 0 Å². The molecule has 0 amide bonds. The number of hydrogen-bond donors (Lipinski definition) is 0. The number of ether oxygens (including phenoxy) is 2. The average molecular weight is 408 g/mol. The fourth-order valence-corrected chi connectivity index (χ4v) is 5.90. The highest BCUT2D eigenvalue weighted by atomic mass is 16.5. The van der Waals surface area contributed by atoms with Crippen molar-refractivity contribution in [3.63, 3.8) is 0 Å². The first-order chi connectivity index (χ1) is 13.7. The van der Waals surface area contributed by atoms with Crippen LogP contribution in [0.4, 0.5) is 0 Å². The van der Waals surface area contributed by atoms with Crippen molar-refractivity contribution in [2.75, 3.05) is 59.0 Å². The smallest absolute Gasteiger partial charge is 0.0807 e. The van der Waals surface area contributed by atoms with Gasteiger partial charge in [0.15, 0.2) is 0 Å². The molecule has 0 bridgehead atoms. The second-order valence-corrected chi connectivity index (χ2v) is 11.7. The highest BCUT2D eigenvalue weighted by Gasteiger charge is 2.49. The Balaban J connectivity index is 1.22. The summed E-state index contributed by atoms with van der Waals surface area (Å²) >= 11 is 0. The SMILES string of the molecule is CC(C)N1CCC(CN2CCN(C[C@H]3C[C@H](OC(C)(C)C)C3)CC23COC3)CC1. The zero-order valence-corrected chi connectivity index (χ0v) is 19.7. The van der Waals surface area contributed by atoms with E-state index in [0.717, 1.165) is 25.0 Å². The van der Waals surface area contributed by atoms with Crippen LogP contribution in [0.25, 0.3) is 0 Å². The summed E-state index contributed by atoms with van der Waals surface area (Å²) < 4.78 is 11.9. The highest BCUT2D eigenvalue weighted by Crippen LogP contribution is 2.36. The summed E-state index contributed by atoms with van der Waals surface area (Å²) in [7, 11) is 0. The summed E-state index contributed by atoms with van der Waals surface area (Å²) in [5, 5.41) is 0. The Morgan fingerprint density at radius 1 is 0.966 bits per heavy atom. The summed E-state index contributed by atoms with van der Waals surface area (Å²) in [5.41, 5.74) is 0.304. The Kier molecular flexibility index (Phi) is 6.63. The van der Waals surface area contributed by atoms with E-state index >= 15 is 0 Å². The molecule has 5 nitrogen and oxygen atoms in total. The summed E-state index contributed by atoms with van der Waals surface area (Å²) in [6, 6.07) is 0.700. The van der Waals surface area contributed by atoms with Gasteiger partial charge in [-0.1, -0.05) is 0 Å². The van der Waals surface area contributed by atoms with Gasteiger partial charge in [-0.05, 0) is 85.2 Å². The molecule has 4 fully saturated rings. The zero-order valence-electron chi connectivity index (χ0n) is 19.7. The lowest BCUT2D eigenvalue weighted by Gasteiger charge is -2.57. The maximum absolute atomic E-state index is 6.14. The molecule has 4 rings (SSSR count). The highest BCUT2D eigenvalue weighted by molar-refractivity contribution is 5.03. The maximum atomic E-state index is 6.14. The van der Waals surface area contributed by atoms with E-state index in [1.165, 1.54) is 71.5 Å². The molecule has 4 aliphatic rings. The van der Waals surface area contributed by atoms with Gasteiger partial charge in [-0.3, -0.25) is 9.80 Å². The third-order valence-electron chi connectivity index (χ3n) is 7.70.